The number of fused-ring (bicyclic) bond motifs is 5. The van der Waals surface area contributed by atoms with Gasteiger partial charge in [0.2, 0.25) is 0 Å². The first-order valence-corrected chi connectivity index (χ1v) is 20.8. The van der Waals surface area contributed by atoms with E-state index in [9.17, 15) is 0 Å². The molecule has 13 aromatic rings. The van der Waals surface area contributed by atoms with E-state index in [-0.39, 0.29) is 0 Å². The Balaban J connectivity index is 1.10. The van der Waals surface area contributed by atoms with Gasteiger partial charge in [-0.1, -0.05) is 152 Å². The molecule has 0 N–H and O–H groups in total. The Hall–Kier alpha value is -7.53. The van der Waals surface area contributed by atoms with Crippen LogP contribution in [0.3, 0.4) is 0 Å². The van der Waals surface area contributed by atoms with E-state index in [0.29, 0.717) is 17.5 Å². The summed E-state index contributed by atoms with van der Waals surface area (Å²) in [4.78, 5) is 15.7. The van der Waals surface area contributed by atoms with Crippen LogP contribution in [0.2, 0.25) is 0 Å². The van der Waals surface area contributed by atoms with Gasteiger partial charge < -0.3 is 0 Å². The summed E-state index contributed by atoms with van der Waals surface area (Å²) in [5.74, 6) is 1.94. The highest BCUT2D eigenvalue weighted by Gasteiger charge is 2.20. The van der Waals surface area contributed by atoms with Crippen molar-refractivity contribution in [2.75, 3.05) is 0 Å². The van der Waals surface area contributed by atoms with Gasteiger partial charge in [-0.15, -0.1) is 11.3 Å². The fourth-order valence-electron chi connectivity index (χ4n) is 9.58. The summed E-state index contributed by atoms with van der Waals surface area (Å²) in [6.45, 7) is 0. The Morgan fingerprint density at radius 2 is 0.780 bits per heavy atom. The van der Waals surface area contributed by atoms with Crippen molar-refractivity contribution in [2.24, 2.45) is 0 Å². The Kier molecular flexibility index (Phi) is 6.89. The molecule has 59 heavy (non-hydrogen) atoms. The van der Waals surface area contributed by atoms with E-state index in [0.717, 1.165) is 27.8 Å². The third kappa shape index (κ3) is 4.91. The Morgan fingerprint density at radius 1 is 0.271 bits per heavy atom. The van der Waals surface area contributed by atoms with Crippen LogP contribution < -0.4 is 0 Å². The molecule has 0 bridgehead atoms. The molecule has 0 aliphatic heterocycles. The maximum Gasteiger partial charge on any atom is 0.164 e. The van der Waals surface area contributed by atoms with E-state index < -0.39 is 0 Å². The molecule has 0 aliphatic rings. The fraction of sp³-hybridized carbons (Fsp3) is 0. The number of hydrogen-bond acceptors (Lipinski definition) is 4. The second-order valence-electron chi connectivity index (χ2n) is 15.5. The molecule has 0 aliphatic carbocycles. The van der Waals surface area contributed by atoms with Crippen LogP contribution in [0, 0.1) is 0 Å². The molecule has 2 heterocycles. The molecule has 0 fully saturated rings. The summed E-state index contributed by atoms with van der Waals surface area (Å²) in [5, 5.41) is 17.6. The van der Waals surface area contributed by atoms with E-state index in [1.807, 2.05) is 29.5 Å². The van der Waals surface area contributed by atoms with Crippen LogP contribution in [-0.2, 0) is 0 Å². The molecular weight excluding hydrogens is 735 g/mol. The summed E-state index contributed by atoms with van der Waals surface area (Å²) < 4.78 is 2.52. The number of aromatic nitrogens is 3. The molecule has 0 spiro atoms. The molecule has 272 valence electrons. The normalized spacial score (nSPS) is 12.1. The van der Waals surface area contributed by atoms with Crippen molar-refractivity contribution in [1.29, 1.82) is 0 Å². The molecule has 11 aromatic carbocycles. The highest BCUT2D eigenvalue weighted by molar-refractivity contribution is 7.25. The van der Waals surface area contributed by atoms with E-state index in [4.69, 9.17) is 15.0 Å². The zero-order valence-corrected chi connectivity index (χ0v) is 32.5. The molecule has 0 amide bonds. The maximum absolute atomic E-state index is 5.30. The zero-order valence-electron chi connectivity index (χ0n) is 31.6. The summed E-state index contributed by atoms with van der Waals surface area (Å²) in [6, 6.07) is 68.2. The van der Waals surface area contributed by atoms with Gasteiger partial charge in [-0.2, -0.15) is 0 Å². The van der Waals surface area contributed by atoms with Gasteiger partial charge in [0.05, 0.1) is 0 Å². The van der Waals surface area contributed by atoms with Crippen molar-refractivity contribution >= 4 is 96.1 Å². The quantitative estimate of drug-likeness (QED) is 0.168. The standard InChI is InChI=1S/C55H31N3S/c1-2-11-35(12-3-1)53-56-54(37-27-28-48-45(30-37)40-17-6-7-22-47(40)59-48)58-55(57-53)44-18-5-4-16-39(44)38-29-36-26-25-34-14-9-20-42-41-19-8-13-32-23-24-33-15-10-21-43(51(33)49(32)41)46(31-38)52(36)50(34)42/h1-31H. The molecule has 0 radical (unpaired) electrons. The van der Waals surface area contributed by atoms with Crippen LogP contribution in [0.1, 0.15) is 0 Å². The predicted octanol–water partition coefficient (Wildman–Crippen LogP) is 15.3. The smallest absolute Gasteiger partial charge is 0.164 e. The molecule has 2 aromatic heterocycles. The predicted molar refractivity (Wildman–Crippen MR) is 251 cm³/mol. The SMILES string of the molecule is c1ccc(-c2nc(-c3ccc4sc5ccccc5c4c3)nc(-c3ccccc3-c3cc4ccc5cccc6c7cccc8ccc9cccc(c(c3)c4c56)c9c87)n2)cc1. The van der Waals surface area contributed by atoms with Crippen molar-refractivity contribution < 1.29 is 0 Å². The lowest BCUT2D eigenvalue weighted by Gasteiger charge is -2.18. The van der Waals surface area contributed by atoms with Crippen LogP contribution in [0.5, 0.6) is 0 Å². The Morgan fingerprint density at radius 3 is 1.49 bits per heavy atom. The van der Waals surface area contributed by atoms with E-state index in [2.05, 4.69) is 170 Å². The lowest BCUT2D eigenvalue weighted by atomic mass is 9.86. The van der Waals surface area contributed by atoms with Crippen LogP contribution in [0.15, 0.2) is 188 Å². The van der Waals surface area contributed by atoms with Crippen molar-refractivity contribution in [3.63, 3.8) is 0 Å². The van der Waals surface area contributed by atoms with Crippen molar-refractivity contribution in [2.45, 2.75) is 0 Å². The molecular formula is C55H31N3S. The number of hydrogen-bond donors (Lipinski definition) is 0. The number of benzene rings is 10. The van der Waals surface area contributed by atoms with Crippen molar-refractivity contribution in [3.8, 4) is 45.3 Å². The largest absolute Gasteiger partial charge is 0.208 e. The molecule has 0 saturated heterocycles. The van der Waals surface area contributed by atoms with Gasteiger partial charge in [0.25, 0.3) is 0 Å². The zero-order chi connectivity index (χ0) is 38.6. The van der Waals surface area contributed by atoms with Gasteiger partial charge in [-0.05, 0) is 112 Å². The lowest BCUT2D eigenvalue weighted by Crippen LogP contribution is -2.01. The minimum Gasteiger partial charge on any atom is -0.208 e. The van der Waals surface area contributed by atoms with E-state index in [1.54, 1.807) is 0 Å². The average Bonchev–Trinajstić information content (AvgIpc) is 3.68. The first-order valence-electron chi connectivity index (χ1n) is 20.0. The van der Waals surface area contributed by atoms with E-state index in [1.165, 1.54) is 84.8 Å². The molecule has 0 saturated carbocycles. The van der Waals surface area contributed by atoms with Gasteiger partial charge in [0, 0.05) is 36.9 Å². The second kappa shape index (κ2) is 12.5. The summed E-state index contributed by atoms with van der Waals surface area (Å²) >= 11 is 1.82. The molecule has 0 unspecified atom stereocenters. The minimum absolute atomic E-state index is 0.643. The number of rotatable bonds is 4. The third-order valence-corrected chi connectivity index (χ3v) is 13.4. The Labute approximate surface area is 342 Å². The van der Waals surface area contributed by atoms with Crippen LogP contribution in [0.4, 0.5) is 0 Å². The topological polar surface area (TPSA) is 38.7 Å². The highest BCUT2D eigenvalue weighted by atomic mass is 32.1. The molecule has 13 rings (SSSR count). The third-order valence-electron chi connectivity index (χ3n) is 12.2. The summed E-state index contributed by atoms with van der Waals surface area (Å²) in [5.41, 5.74) is 5.06. The van der Waals surface area contributed by atoms with Gasteiger partial charge >= 0.3 is 0 Å². The second-order valence-corrected chi connectivity index (χ2v) is 16.6. The van der Waals surface area contributed by atoms with Gasteiger partial charge in [0.1, 0.15) is 0 Å². The number of thiophene rings is 1. The van der Waals surface area contributed by atoms with Gasteiger partial charge in [-0.3, -0.25) is 0 Å². The first kappa shape index (κ1) is 32.5. The Bertz CT molecular complexity index is 3840. The van der Waals surface area contributed by atoms with Gasteiger partial charge in [0.15, 0.2) is 17.5 Å². The van der Waals surface area contributed by atoms with Crippen LogP contribution in [-0.4, -0.2) is 15.0 Å². The maximum atomic E-state index is 5.30. The van der Waals surface area contributed by atoms with Gasteiger partial charge in [-0.25, -0.2) is 15.0 Å². The molecule has 4 heteroatoms. The van der Waals surface area contributed by atoms with Crippen LogP contribution in [0.25, 0.3) is 130 Å². The lowest BCUT2D eigenvalue weighted by molar-refractivity contribution is 1.07. The summed E-state index contributed by atoms with van der Waals surface area (Å²) in [7, 11) is 0. The van der Waals surface area contributed by atoms with Crippen LogP contribution >= 0.6 is 11.3 Å². The molecule has 0 atom stereocenters. The van der Waals surface area contributed by atoms with E-state index >= 15 is 0 Å². The fourth-order valence-corrected chi connectivity index (χ4v) is 10.7. The number of nitrogens with zero attached hydrogens (tertiary/aromatic N) is 3. The average molecular weight is 766 g/mol. The molecule has 3 nitrogen and oxygen atoms in total. The van der Waals surface area contributed by atoms with Crippen molar-refractivity contribution in [3.05, 3.63) is 188 Å². The highest BCUT2D eigenvalue weighted by Crippen LogP contribution is 2.45. The first-order chi connectivity index (χ1) is 29.2. The summed E-state index contributed by atoms with van der Waals surface area (Å²) in [6.07, 6.45) is 0. The minimum atomic E-state index is 0.643. The van der Waals surface area contributed by atoms with Crippen molar-refractivity contribution in [1.82, 2.24) is 15.0 Å². The monoisotopic (exact) mass is 765 g/mol.